The molecule has 3 aromatic rings. The lowest BCUT2D eigenvalue weighted by Gasteiger charge is -2.42. The first-order chi connectivity index (χ1) is 17.9. The van der Waals surface area contributed by atoms with Gasteiger partial charge in [-0.3, -0.25) is 9.69 Å². The Morgan fingerprint density at radius 2 is 1.95 bits per heavy atom. The van der Waals surface area contributed by atoms with Crippen LogP contribution in [0.5, 0.6) is 5.75 Å². The average Bonchev–Trinajstić information content (AvgIpc) is 3.27. The Labute approximate surface area is 218 Å². The number of carboxylic acid groups (broad SMARTS) is 1. The van der Waals surface area contributed by atoms with Gasteiger partial charge >= 0.3 is 12.1 Å². The molecule has 38 heavy (non-hydrogen) atoms. The minimum Gasteiger partial charge on any atom is -0.486 e. The second-order valence-electron chi connectivity index (χ2n) is 8.87. The highest BCUT2D eigenvalue weighted by Gasteiger charge is 2.38. The fraction of sp³-hybridized carbons (Fsp3) is 0.478. The van der Waals surface area contributed by atoms with Crippen LogP contribution in [-0.2, 0) is 9.53 Å². The van der Waals surface area contributed by atoms with Crippen molar-refractivity contribution < 1.29 is 36.9 Å². The molecule has 2 aliphatic rings. The minimum atomic E-state index is -5.08. The van der Waals surface area contributed by atoms with E-state index in [1.807, 2.05) is 11.6 Å². The summed E-state index contributed by atoms with van der Waals surface area (Å²) in [6.45, 7) is 4.67. The molecule has 1 aromatic carbocycles. The maximum Gasteiger partial charge on any atom is 0.490 e. The van der Waals surface area contributed by atoms with Crippen LogP contribution in [0.4, 0.5) is 17.6 Å². The molecule has 0 amide bonds. The summed E-state index contributed by atoms with van der Waals surface area (Å²) in [5.41, 5.74) is 0.431. The quantitative estimate of drug-likeness (QED) is 0.452. The van der Waals surface area contributed by atoms with Gasteiger partial charge in [-0.25, -0.2) is 18.9 Å². The van der Waals surface area contributed by atoms with Crippen LogP contribution in [0.25, 0.3) is 11.0 Å². The molecule has 2 N–H and O–H groups in total. The zero-order chi connectivity index (χ0) is 27.6. The zero-order valence-corrected chi connectivity index (χ0v) is 20.8. The fourth-order valence-electron chi connectivity index (χ4n) is 4.13. The monoisotopic (exact) mass is 561 g/mol. The van der Waals surface area contributed by atoms with Crippen LogP contribution in [0.15, 0.2) is 29.2 Å². The molecule has 1 unspecified atom stereocenters. The smallest absolute Gasteiger partial charge is 0.486 e. The summed E-state index contributed by atoms with van der Waals surface area (Å²) in [7, 11) is 0. The second kappa shape index (κ2) is 11.3. The van der Waals surface area contributed by atoms with Crippen molar-refractivity contribution in [2.24, 2.45) is 0 Å². The van der Waals surface area contributed by atoms with Crippen LogP contribution in [0.2, 0.25) is 5.02 Å². The van der Waals surface area contributed by atoms with Crippen molar-refractivity contribution in [3.63, 3.8) is 0 Å². The van der Waals surface area contributed by atoms with Gasteiger partial charge in [0, 0.05) is 26.3 Å². The number of alkyl halides is 3. The van der Waals surface area contributed by atoms with Crippen LogP contribution in [0.3, 0.4) is 0 Å². The second-order valence-corrected chi connectivity index (χ2v) is 9.28. The number of hydrogen-bond acceptors (Lipinski definition) is 7. The minimum absolute atomic E-state index is 0.0615. The summed E-state index contributed by atoms with van der Waals surface area (Å²) < 4.78 is 58.1. The van der Waals surface area contributed by atoms with E-state index in [0.717, 1.165) is 12.8 Å². The van der Waals surface area contributed by atoms with Crippen molar-refractivity contribution in [3.8, 4) is 5.75 Å². The normalized spacial score (nSPS) is 17.9. The van der Waals surface area contributed by atoms with E-state index >= 15 is 0 Å². The number of H-pyrrole nitrogens is 1. The van der Waals surface area contributed by atoms with Crippen molar-refractivity contribution in [2.75, 3.05) is 26.3 Å². The molecule has 2 aromatic heterocycles. The Kier molecular flexibility index (Phi) is 8.23. The molecule has 5 rings (SSSR count). The van der Waals surface area contributed by atoms with E-state index < -0.39 is 18.0 Å². The molecule has 4 heterocycles. The highest BCUT2D eigenvalue weighted by atomic mass is 35.5. The first-order valence-corrected chi connectivity index (χ1v) is 12.0. The molecule has 15 heteroatoms. The fourth-order valence-corrected chi connectivity index (χ4v) is 4.34. The maximum absolute atomic E-state index is 13.2. The van der Waals surface area contributed by atoms with E-state index in [0.29, 0.717) is 48.9 Å². The van der Waals surface area contributed by atoms with Gasteiger partial charge in [0.2, 0.25) is 0 Å². The topological polar surface area (TPSA) is 123 Å². The maximum atomic E-state index is 13.2. The van der Waals surface area contributed by atoms with Crippen LogP contribution in [0.1, 0.15) is 37.7 Å². The molecular formula is C23H24ClF4N5O5. The first-order valence-electron chi connectivity index (χ1n) is 11.6. The van der Waals surface area contributed by atoms with Crippen LogP contribution >= 0.6 is 11.6 Å². The van der Waals surface area contributed by atoms with E-state index in [1.165, 1.54) is 18.2 Å². The van der Waals surface area contributed by atoms with E-state index in [1.54, 1.807) is 6.20 Å². The van der Waals surface area contributed by atoms with Crippen molar-refractivity contribution >= 4 is 28.6 Å². The van der Waals surface area contributed by atoms with Crippen molar-refractivity contribution in [3.05, 3.63) is 51.4 Å². The first kappa shape index (κ1) is 27.8. The highest BCUT2D eigenvalue weighted by molar-refractivity contribution is 6.32. The lowest BCUT2D eigenvalue weighted by atomic mass is 10.1. The van der Waals surface area contributed by atoms with Crippen LogP contribution in [0, 0.1) is 5.82 Å². The number of aromatic nitrogens is 4. The van der Waals surface area contributed by atoms with E-state index in [2.05, 4.69) is 15.0 Å². The molecule has 0 saturated carbocycles. The molecule has 10 nitrogen and oxygen atoms in total. The van der Waals surface area contributed by atoms with Crippen LogP contribution in [-0.4, -0.2) is 74.3 Å². The zero-order valence-electron chi connectivity index (χ0n) is 20.0. The molecule has 2 aliphatic heterocycles. The summed E-state index contributed by atoms with van der Waals surface area (Å²) in [6, 6.07) is 4.19. The predicted octanol–water partition coefficient (Wildman–Crippen LogP) is 3.72. The van der Waals surface area contributed by atoms with Gasteiger partial charge in [-0.05, 0) is 38.0 Å². The molecule has 206 valence electrons. The number of nitrogens with one attached hydrogen (secondary N) is 1. The number of aromatic amines is 1. The Morgan fingerprint density at radius 1 is 1.29 bits per heavy atom. The van der Waals surface area contributed by atoms with Crippen molar-refractivity contribution in [1.29, 1.82) is 0 Å². The molecule has 2 saturated heterocycles. The van der Waals surface area contributed by atoms with Gasteiger partial charge in [-0.15, -0.1) is 0 Å². The SMILES string of the molecule is CC(c1nc2c(cnn2C2CCOCC2)c(=O)[nH]1)N1CC(Oc2ccc(F)cc2Cl)C1.O=C(O)C(F)(F)F. The number of ether oxygens (including phenoxy) is 2. The Hall–Kier alpha value is -3.23. The van der Waals surface area contributed by atoms with Gasteiger partial charge in [0.1, 0.15) is 28.9 Å². The number of fused-ring (bicyclic) bond motifs is 1. The number of carbonyl (C=O) groups is 1. The van der Waals surface area contributed by atoms with Gasteiger partial charge in [-0.1, -0.05) is 11.6 Å². The third kappa shape index (κ3) is 6.25. The number of carboxylic acids is 1. The number of halogens is 5. The molecular weight excluding hydrogens is 538 g/mol. The van der Waals surface area contributed by atoms with E-state index in [9.17, 15) is 22.4 Å². The number of benzene rings is 1. The Bertz CT molecular complexity index is 1350. The summed E-state index contributed by atoms with van der Waals surface area (Å²) >= 11 is 6.05. The molecule has 0 aliphatic carbocycles. The predicted molar refractivity (Wildman–Crippen MR) is 127 cm³/mol. The number of hydrogen-bond donors (Lipinski definition) is 2. The van der Waals surface area contributed by atoms with Gasteiger partial charge in [0.25, 0.3) is 5.56 Å². The Morgan fingerprint density at radius 3 is 2.55 bits per heavy atom. The van der Waals surface area contributed by atoms with Gasteiger partial charge < -0.3 is 19.6 Å². The van der Waals surface area contributed by atoms with Crippen LogP contribution < -0.4 is 10.3 Å². The van der Waals surface area contributed by atoms with Gasteiger partial charge in [0.15, 0.2) is 5.65 Å². The van der Waals surface area contributed by atoms with Crippen molar-refractivity contribution in [2.45, 2.75) is 44.1 Å². The van der Waals surface area contributed by atoms with E-state index in [-0.39, 0.29) is 28.8 Å². The summed E-state index contributed by atoms with van der Waals surface area (Å²) in [5, 5.41) is 12.3. The highest BCUT2D eigenvalue weighted by Crippen LogP contribution is 2.31. The summed E-state index contributed by atoms with van der Waals surface area (Å²) in [5.74, 6) is -2.09. The van der Waals surface area contributed by atoms with Crippen molar-refractivity contribution in [1.82, 2.24) is 24.6 Å². The summed E-state index contributed by atoms with van der Waals surface area (Å²) in [6.07, 6.45) is -1.85. The number of nitrogens with zero attached hydrogens (tertiary/aromatic N) is 4. The van der Waals surface area contributed by atoms with Gasteiger partial charge in [-0.2, -0.15) is 18.3 Å². The lowest BCUT2D eigenvalue weighted by molar-refractivity contribution is -0.192. The standard InChI is InChI=1S/C21H23ClFN5O3.C2HF3O2/c1-12(27-10-15(11-27)31-18-3-2-13(23)8-17(18)22)19-25-20-16(21(29)26-19)9-24-28(20)14-4-6-30-7-5-14;3-2(4,5)1(6)7/h2-3,8-9,12,14-15H,4-7,10-11H2,1H3,(H,25,26,29);(H,6,7). The largest absolute Gasteiger partial charge is 0.490 e. The third-order valence-corrected chi connectivity index (χ3v) is 6.56. The number of likely N-dealkylation sites (tertiary alicyclic amines) is 1. The van der Waals surface area contributed by atoms with Gasteiger partial charge in [0.05, 0.1) is 23.3 Å². The molecule has 0 radical (unpaired) electrons. The average molecular weight is 562 g/mol. The van der Waals surface area contributed by atoms with E-state index in [4.69, 9.17) is 36.0 Å². The lowest BCUT2D eigenvalue weighted by Crippen LogP contribution is -2.54. The molecule has 0 bridgehead atoms. The Balaban J connectivity index is 0.000000426. The molecule has 2 fully saturated rings. The molecule has 1 atom stereocenters. The number of aliphatic carboxylic acids is 1. The summed E-state index contributed by atoms with van der Waals surface area (Å²) in [4.78, 5) is 31.4. The molecule has 0 spiro atoms. The number of rotatable bonds is 5. The third-order valence-electron chi connectivity index (χ3n) is 6.27.